The van der Waals surface area contributed by atoms with Crippen LogP contribution < -0.4 is 10.6 Å². The Kier molecular flexibility index (Phi) is 5.67. The van der Waals surface area contributed by atoms with Gasteiger partial charge in [0.25, 0.3) is 0 Å². The van der Waals surface area contributed by atoms with E-state index in [1.54, 1.807) is 12.1 Å². The number of rotatable bonds is 5. The molecule has 0 aliphatic heterocycles. The normalized spacial score (nSPS) is 9.88. The maximum Gasteiger partial charge on any atom is 0.315 e. The lowest BCUT2D eigenvalue weighted by Gasteiger charge is -2.06. The molecular weight excluding hydrogens is 228 g/mol. The van der Waals surface area contributed by atoms with Gasteiger partial charge in [0.1, 0.15) is 0 Å². The van der Waals surface area contributed by atoms with Crippen molar-refractivity contribution in [1.29, 1.82) is 0 Å². The highest BCUT2D eigenvalue weighted by Gasteiger charge is 1.99. The highest BCUT2D eigenvalue weighted by atomic mass is 35.5. The van der Waals surface area contributed by atoms with Crippen LogP contribution in [0.1, 0.15) is 12.0 Å². The summed E-state index contributed by atoms with van der Waals surface area (Å²) in [6.07, 6.45) is 0.564. The van der Waals surface area contributed by atoms with E-state index in [1.807, 2.05) is 12.1 Å². The van der Waals surface area contributed by atoms with Crippen molar-refractivity contribution in [3.63, 3.8) is 0 Å². The highest BCUT2D eigenvalue weighted by molar-refractivity contribution is 6.30. The van der Waals surface area contributed by atoms with Crippen LogP contribution in [0.25, 0.3) is 0 Å². The Bertz CT molecular complexity index is 327. The van der Waals surface area contributed by atoms with Gasteiger partial charge in [-0.2, -0.15) is 0 Å². The predicted molar refractivity (Wildman–Crippen MR) is 63.4 cm³/mol. The van der Waals surface area contributed by atoms with Gasteiger partial charge in [0.15, 0.2) is 0 Å². The summed E-state index contributed by atoms with van der Waals surface area (Å²) in [7, 11) is 0. The van der Waals surface area contributed by atoms with Crippen LogP contribution in [0, 0.1) is 0 Å². The Morgan fingerprint density at radius 3 is 2.56 bits per heavy atom. The van der Waals surface area contributed by atoms with Gasteiger partial charge in [-0.1, -0.05) is 23.7 Å². The lowest BCUT2D eigenvalue weighted by molar-refractivity contribution is 0.238. The van der Waals surface area contributed by atoms with Crippen molar-refractivity contribution in [1.82, 2.24) is 10.6 Å². The fourth-order valence-electron chi connectivity index (χ4n) is 1.13. The number of hydrogen-bond acceptors (Lipinski definition) is 2. The summed E-state index contributed by atoms with van der Waals surface area (Å²) in [5.74, 6) is 0. The van der Waals surface area contributed by atoms with E-state index >= 15 is 0 Å². The van der Waals surface area contributed by atoms with Gasteiger partial charge in [-0.15, -0.1) is 0 Å². The van der Waals surface area contributed by atoms with Crippen LogP contribution >= 0.6 is 11.6 Å². The second-order valence-corrected chi connectivity index (χ2v) is 3.75. The molecule has 0 aromatic heterocycles. The highest BCUT2D eigenvalue weighted by Crippen LogP contribution is 2.08. The van der Waals surface area contributed by atoms with Gasteiger partial charge in [0.05, 0.1) is 0 Å². The molecule has 16 heavy (non-hydrogen) atoms. The molecule has 0 aliphatic carbocycles. The number of benzene rings is 1. The lowest BCUT2D eigenvalue weighted by Crippen LogP contribution is -2.35. The van der Waals surface area contributed by atoms with E-state index in [4.69, 9.17) is 16.7 Å². The first-order valence-electron chi connectivity index (χ1n) is 5.09. The minimum absolute atomic E-state index is 0.0808. The maximum absolute atomic E-state index is 11.2. The van der Waals surface area contributed by atoms with E-state index in [0.717, 1.165) is 5.56 Å². The van der Waals surface area contributed by atoms with Gasteiger partial charge in [0, 0.05) is 24.7 Å². The minimum atomic E-state index is -0.233. The van der Waals surface area contributed by atoms with Crippen LogP contribution in [0.3, 0.4) is 0 Å². The number of hydrogen-bond donors (Lipinski definition) is 3. The first-order valence-corrected chi connectivity index (χ1v) is 5.47. The standard InChI is InChI=1S/C11H15ClN2O2/c12-10-4-2-9(3-5-10)8-14-11(16)13-6-1-7-15/h2-5,15H,1,6-8H2,(H2,13,14,16). The first kappa shape index (κ1) is 12.8. The van der Waals surface area contributed by atoms with Gasteiger partial charge in [0.2, 0.25) is 0 Å². The molecule has 3 N–H and O–H groups in total. The molecule has 0 aliphatic rings. The number of aliphatic hydroxyl groups is 1. The average molecular weight is 243 g/mol. The molecule has 1 aromatic carbocycles. The predicted octanol–water partition coefficient (Wildman–Crippen LogP) is 1.52. The van der Waals surface area contributed by atoms with Gasteiger partial charge < -0.3 is 15.7 Å². The van der Waals surface area contributed by atoms with Gasteiger partial charge in [-0.25, -0.2) is 4.79 Å². The second kappa shape index (κ2) is 7.09. The Morgan fingerprint density at radius 2 is 1.94 bits per heavy atom. The molecule has 0 radical (unpaired) electrons. The van der Waals surface area contributed by atoms with Crippen molar-refractivity contribution in [2.75, 3.05) is 13.2 Å². The van der Waals surface area contributed by atoms with Crippen molar-refractivity contribution >= 4 is 17.6 Å². The van der Waals surface area contributed by atoms with Crippen molar-refractivity contribution in [3.8, 4) is 0 Å². The topological polar surface area (TPSA) is 61.4 Å². The van der Waals surface area contributed by atoms with Gasteiger partial charge in [-0.05, 0) is 24.1 Å². The molecule has 0 spiro atoms. The number of urea groups is 1. The molecule has 1 rings (SSSR count). The SMILES string of the molecule is O=C(NCCCO)NCc1ccc(Cl)cc1. The number of carbonyl (C=O) groups is 1. The van der Waals surface area contributed by atoms with E-state index in [1.165, 1.54) is 0 Å². The fourth-order valence-corrected chi connectivity index (χ4v) is 1.25. The van der Waals surface area contributed by atoms with Crippen LogP contribution in [0.4, 0.5) is 4.79 Å². The molecule has 4 nitrogen and oxygen atoms in total. The van der Waals surface area contributed by atoms with E-state index in [-0.39, 0.29) is 12.6 Å². The van der Waals surface area contributed by atoms with E-state index in [2.05, 4.69) is 10.6 Å². The van der Waals surface area contributed by atoms with Gasteiger partial charge >= 0.3 is 6.03 Å². The number of aliphatic hydroxyl groups excluding tert-OH is 1. The molecular formula is C11H15ClN2O2. The quantitative estimate of drug-likeness (QED) is 0.686. The molecule has 0 unspecified atom stereocenters. The molecule has 0 saturated carbocycles. The molecule has 0 saturated heterocycles. The number of nitrogens with one attached hydrogen (secondary N) is 2. The lowest BCUT2D eigenvalue weighted by atomic mass is 10.2. The zero-order chi connectivity index (χ0) is 11.8. The first-order chi connectivity index (χ1) is 7.72. The number of carbonyl (C=O) groups excluding carboxylic acids is 1. The third kappa shape index (κ3) is 5.00. The molecule has 0 bridgehead atoms. The molecule has 5 heteroatoms. The van der Waals surface area contributed by atoms with Crippen LogP contribution in [0.15, 0.2) is 24.3 Å². The van der Waals surface area contributed by atoms with Crippen molar-refractivity contribution in [2.24, 2.45) is 0 Å². The summed E-state index contributed by atoms with van der Waals surface area (Å²) in [5.41, 5.74) is 0.988. The maximum atomic E-state index is 11.2. The van der Waals surface area contributed by atoms with Crippen molar-refractivity contribution < 1.29 is 9.90 Å². The van der Waals surface area contributed by atoms with Crippen LogP contribution in [0.2, 0.25) is 5.02 Å². The summed E-state index contributed by atoms with van der Waals surface area (Å²) >= 11 is 5.74. The van der Waals surface area contributed by atoms with E-state index in [9.17, 15) is 4.79 Å². The van der Waals surface area contributed by atoms with Crippen molar-refractivity contribution in [3.05, 3.63) is 34.9 Å². The molecule has 0 atom stereocenters. The van der Waals surface area contributed by atoms with Crippen LogP contribution in [-0.2, 0) is 6.54 Å². The monoisotopic (exact) mass is 242 g/mol. The number of amides is 2. The molecule has 0 heterocycles. The zero-order valence-electron chi connectivity index (χ0n) is 8.87. The molecule has 1 aromatic rings. The molecule has 0 fully saturated rings. The Labute approximate surface area is 99.6 Å². The molecule has 88 valence electrons. The minimum Gasteiger partial charge on any atom is -0.396 e. The summed E-state index contributed by atoms with van der Waals surface area (Å²) < 4.78 is 0. The summed E-state index contributed by atoms with van der Waals surface area (Å²) in [5, 5.41) is 14.5. The summed E-state index contributed by atoms with van der Waals surface area (Å²) in [4.78, 5) is 11.2. The zero-order valence-corrected chi connectivity index (χ0v) is 9.63. The Morgan fingerprint density at radius 1 is 1.25 bits per heavy atom. The van der Waals surface area contributed by atoms with Crippen LogP contribution in [0.5, 0.6) is 0 Å². The molecule has 2 amide bonds. The smallest absolute Gasteiger partial charge is 0.315 e. The Hall–Kier alpha value is -1.26. The Balaban J connectivity index is 2.23. The summed E-state index contributed by atoms with van der Waals surface area (Å²) in [6.45, 7) is 1.02. The van der Waals surface area contributed by atoms with Crippen molar-refractivity contribution in [2.45, 2.75) is 13.0 Å². The van der Waals surface area contributed by atoms with E-state index in [0.29, 0.717) is 24.5 Å². The second-order valence-electron chi connectivity index (χ2n) is 3.31. The van der Waals surface area contributed by atoms with Crippen LogP contribution in [-0.4, -0.2) is 24.3 Å². The largest absolute Gasteiger partial charge is 0.396 e. The number of halogens is 1. The summed E-state index contributed by atoms with van der Waals surface area (Å²) in [6, 6.07) is 7.04. The third-order valence-corrected chi connectivity index (χ3v) is 2.24. The van der Waals surface area contributed by atoms with Gasteiger partial charge in [-0.3, -0.25) is 0 Å². The third-order valence-electron chi connectivity index (χ3n) is 1.99. The average Bonchev–Trinajstić information content (AvgIpc) is 2.29. The fraction of sp³-hybridized carbons (Fsp3) is 0.364. The van der Waals surface area contributed by atoms with E-state index < -0.39 is 0 Å².